The quantitative estimate of drug-likeness (QED) is 0.330. The van der Waals surface area contributed by atoms with E-state index in [1.165, 1.54) is 35.2 Å². The minimum Gasteiger partial charge on any atom is -0.354 e. The molecule has 2 amide bonds. The zero-order valence-electron chi connectivity index (χ0n) is 21.5. The summed E-state index contributed by atoms with van der Waals surface area (Å²) in [6, 6.07) is 18.8. The van der Waals surface area contributed by atoms with Gasteiger partial charge in [-0.2, -0.15) is 0 Å². The number of anilines is 1. The van der Waals surface area contributed by atoms with Crippen LogP contribution in [0.5, 0.6) is 0 Å². The number of halogens is 2. The summed E-state index contributed by atoms with van der Waals surface area (Å²) in [5.74, 6) is -0.875. The van der Waals surface area contributed by atoms with E-state index in [-0.39, 0.29) is 33.1 Å². The smallest absolute Gasteiger partial charge is 0.264 e. The van der Waals surface area contributed by atoms with Crippen LogP contribution in [-0.4, -0.2) is 44.3 Å². The topological polar surface area (TPSA) is 86.8 Å². The van der Waals surface area contributed by atoms with Crippen LogP contribution >= 0.6 is 23.2 Å². The maximum absolute atomic E-state index is 13.9. The summed E-state index contributed by atoms with van der Waals surface area (Å²) in [6.45, 7) is 5.51. The largest absolute Gasteiger partial charge is 0.354 e. The van der Waals surface area contributed by atoms with Crippen LogP contribution < -0.4 is 9.62 Å². The zero-order chi connectivity index (χ0) is 27.9. The Morgan fingerprint density at radius 1 is 0.947 bits per heavy atom. The van der Waals surface area contributed by atoms with Gasteiger partial charge in [-0.1, -0.05) is 72.6 Å². The third kappa shape index (κ3) is 7.28. The summed E-state index contributed by atoms with van der Waals surface area (Å²) < 4.78 is 28.5. The first-order chi connectivity index (χ1) is 18.0. The zero-order valence-corrected chi connectivity index (χ0v) is 23.9. The van der Waals surface area contributed by atoms with Crippen molar-refractivity contribution in [2.24, 2.45) is 0 Å². The Morgan fingerprint density at radius 3 is 2.16 bits per heavy atom. The molecule has 3 aromatic rings. The van der Waals surface area contributed by atoms with E-state index in [1.807, 2.05) is 38.1 Å². The Kier molecular flexibility index (Phi) is 10.2. The Bertz CT molecular complexity index is 1360. The molecule has 0 aliphatic carbocycles. The van der Waals surface area contributed by atoms with Crippen LogP contribution in [0.1, 0.15) is 31.4 Å². The molecular formula is C28H31Cl2N3O4S. The fraction of sp³-hybridized carbons (Fsp3) is 0.286. The molecule has 0 bridgehead atoms. The van der Waals surface area contributed by atoms with E-state index in [4.69, 9.17) is 23.2 Å². The first-order valence-corrected chi connectivity index (χ1v) is 14.4. The highest BCUT2D eigenvalue weighted by Gasteiger charge is 2.32. The number of rotatable bonds is 11. The van der Waals surface area contributed by atoms with Crippen LogP contribution in [0, 0.1) is 6.92 Å². The summed E-state index contributed by atoms with van der Waals surface area (Å²) in [7, 11) is -4.19. The molecule has 1 N–H and O–H groups in total. The van der Waals surface area contributed by atoms with Gasteiger partial charge in [0.25, 0.3) is 10.0 Å². The lowest BCUT2D eigenvalue weighted by molar-refractivity contribution is -0.139. The number of carbonyl (C=O) groups excluding carboxylic acids is 2. The second kappa shape index (κ2) is 13.1. The summed E-state index contributed by atoms with van der Waals surface area (Å²) in [5.41, 5.74) is 1.93. The number of nitrogens with zero attached hydrogens (tertiary/aromatic N) is 2. The fourth-order valence-corrected chi connectivity index (χ4v) is 5.81. The molecule has 0 aliphatic heterocycles. The van der Waals surface area contributed by atoms with Crippen molar-refractivity contribution in [2.45, 2.75) is 44.7 Å². The lowest BCUT2D eigenvalue weighted by atomic mass is 10.1. The van der Waals surface area contributed by atoms with Gasteiger partial charge in [-0.25, -0.2) is 8.42 Å². The standard InChI is InChI=1S/C28H31Cl2N3O4S/c1-4-14-31-28(35)21(3)32(18-22-11-9-8-10-20(22)2)27(34)19-33(25-16-23(29)15-24(30)17-25)38(36,37)26-12-6-5-7-13-26/h5-13,15-17,21H,4,14,18-19H2,1-3H3,(H,31,35)/t21-/m1/s1. The predicted molar refractivity (Wildman–Crippen MR) is 152 cm³/mol. The molecule has 38 heavy (non-hydrogen) atoms. The maximum Gasteiger partial charge on any atom is 0.264 e. The van der Waals surface area contributed by atoms with E-state index in [1.54, 1.807) is 25.1 Å². The number of sulfonamides is 1. The van der Waals surface area contributed by atoms with Crippen molar-refractivity contribution in [1.82, 2.24) is 10.2 Å². The van der Waals surface area contributed by atoms with Crippen molar-refractivity contribution in [2.75, 3.05) is 17.4 Å². The highest BCUT2D eigenvalue weighted by atomic mass is 35.5. The van der Waals surface area contributed by atoms with Gasteiger partial charge in [0, 0.05) is 23.1 Å². The number of benzene rings is 3. The Hall–Kier alpha value is -3.07. The Labute approximate surface area is 234 Å². The SMILES string of the molecule is CCCNC(=O)[C@@H](C)N(Cc1ccccc1C)C(=O)CN(c1cc(Cl)cc(Cl)c1)S(=O)(=O)c1ccccc1. The van der Waals surface area contributed by atoms with Gasteiger partial charge in [0.15, 0.2) is 0 Å². The number of nitrogens with one attached hydrogen (secondary N) is 1. The van der Waals surface area contributed by atoms with Crippen molar-refractivity contribution >= 4 is 50.7 Å². The van der Waals surface area contributed by atoms with E-state index in [9.17, 15) is 18.0 Å². The fourth-order valence-electron chi connectivity index (χ4n) is 3.88. The molecule has 0 fully saturated rings. The normalized spacial score (nSPS) is 12.0. The van der Waals surface area contributed by atoms with Crippen molar-refractivity contribution in [3.05, 3.63) is 94.0 Å². The lowest BCUT2D eigenvalue weighted by Gasteiger charge is -2.32. The van der Waals surface area contributed by atoms with Crippen LogP contribution in [0.4, 0.5) is 5.69 Å². The van der Waals surface area contributed by atoms with E-state index in [0.29, 0.717) is 6.54 Å². The summed E-state index contributed by atoms with van der Waals surface area (Å²) in [4.78, 5) is 28.2. The van der Waals surface area contributed by atoms with Gasteiger partial charge in [0.05, 0.1) is 10.6 Å². The lowest BCUT2D eigenvalue weighted by Crippen LogP contribution is -2.51. The molecule has 0 saturated heterocycles. The number of carbonyl (C=O) groups is 2. The Balaban J connectivity index is 2.05. The molecule has 202 valence electrons. The van der Waals surface area contributed by atoms with Crippen LogP contribution in [0.15, 0.2) is 77.7 Å². The molecule has 0 aliphatic rings. The van der Waals surface area contributed by atoms with E-state index >= 15 is 0 Å². The average molecular weight is 577 g/mol. The predicted octanol–water partition coefficient (Wildman–Crippen LogP) is 5.44. The van der Waals surface area contributed by atoms with E-state index in [2.05, 4.69) is 5.32 Å². The summed E-state index contributed by atoms with van der Waals surface area (Å²) in [6.07, 6.45) is 0.739. The summed E-state index contributed by atoms with van der Waals surface area (Å²) in [5, 5.41) is 3.26. The molecule has 3 aromatic carbocycles. The highest BCUT2D eigenvalue weighted by molar-refractivity contribution is 7.92. The molecule has 0 saturated carbocycles. The first-order valence-electron chi connectivity index (χ1n) is 12.2. The third-order valence-electron chi connectivity index (χ3n) is 6.06. The van der Waals surface area contributed by atoms with Gasteiger partial charge in [0.1, 0.15) is 12.6 Å². The van der Waals surface area contributed by atoms with E-state index < -0.39 is 28.5 Å². The number of aryl methyl sites for hydroxylation is 1. The molecule has 0 radical (unpaired) electrons. The van der Waals surface area contributed by atoms with Gasteiger partial charge in [-0.05, 0) is 61.7 Å². The number of amides is 2. The average Bonchev–Trinajstić information content (AvgIpc) is 2.89. The Morgan fingerprint density at radius 2 is 1.55 bits per heavy atom. The first kappa shape index (κ1) is 29.5. The van der Waals surface area contributed by atoms with Crippen molar-refractivity contribution in [3.63, 3.8) is 0 Å². The number of hydrogen-bond donors (Lipinski definition) is 1. The van der Waals surface area contributed by atoms with Crippen molar-refractivity contribution in [3.8, 4) is 0 Å². The second-order valence-electron chi connectivity index (χ2n) is 8.87. The molecule has 10 heteroatoms. The molecule has 0 aromatic heterocycles. The van der Waals surface area contributed by atoms with Crippen LogP contribution in [0.25, 0.3) is 0 Å². The maximum atomic E-state index is 13.9. The van der Waals surface area contributed by atoms with Crippen LogP contribution in [-0.2, 0) is 26.2 Å². The summed E-state index contributed by atoms with van der Waals surface area (Å²) >= 11 is 12.4. The van der Waals surface area contributed by atoms with Gasteiger partial charge in [0.2, 0.25) is 11.8 Å². The molecule has 0 heterocycles. The second-order valence-corrected chi connectivity index (χ2v) is 11.6. The van der Waals surface area contributed by atoms with Gasteiger partial charge >= 0.3 is 0 Å². The minimum absolute atomic E-state index is 0.00286. The van der Waals surface area contributed by atoms with Crippen molar-refractivity contribution < 1.29 is 18.0 Å². The van der Waals surface area contributed by atoms with Gasteiger partial charge in [-0.3, -0.25) is 13.9 Å². The van der Waals surface area contributed by atoms with E-state index in [0.717, 1.165) is 21.9 Å². The molecule has 3 rings (SSSR count). The molecule has 7 nitrogen and oxygen atoms in total. The van der Waals surface area contributed by atoms with Crippen LogP contribution in [0.3, 0.4) is 0 Å². The van der Waals surface area contributed by atoms with Crippen LogP contribution in [0.2, 0.25) is 10.0 Å². The van der Waals surface area contributed by atoms with Gasteiger partial charge in [-0.15, -0.1) is 0 Å². The number of hydrogen-bond acceptors (Lipinski definition) is 4. The monoisotopic (exact) mass is 575 g/mol. The van der Waals surface area contributed by atoms with Crippen molar-refractivity contribution in [1.29, 1.82) is 0 Å². The molecule has 1 atom stereocenters. The highest BCUT2D eigenvalue weighted by Crippen LogP contribution is 2.30. The minimum atomic E-state index is -4.19. The third-order valence-corrected chi connectivity index (χ3v) is 8.29. The molecule has 0 spiro atoms. The van der Waals surface area contributed by atoms with Gasteiger partial charge < -0.3 is 10.2 Å². The molecular weight excluding hydrogens is 545 g/mol. The molecule has 0 unspecified atom stereocenters.